The Morgan fingerprint density at radius 1 is 1.27 bits per heavy atom. The van der Waals surface area contributed by atoms with Crippen molar-refractivity contribution in [3.8, 4) is 0 Å². The van der Waals surface area contributed by atoms with Gasteiger partial charge in [-0.2, -0.15) is 0 Å². The Hall–Kier alpha value is -1.09. The van der Waals surface area contributed by atoms with Crippen LogP contribution >= 0.6 is 15.9 Å². The Kier molecular flexibility index (Phi) is 2.43. The number of hydrogen-bond donors (Lipinski definition) is 0. The molecule has 0 aliphatic rings. The lowest BCUT2D eigenvalue weighted by Gasteiger charge is -2.08. The highest BCUT2D eigenvalue weighted by molar-refractivity contribution is 9.10. The van der Waals surface area contributed by atoms with E-state index in [4.69, 9.17) is 0 Å². The third kappa shape index (κ3) is 1.51. The third-order valence-electron chi connectivity index (χ3n) is 2.75. The van der Waals surface area contributed by atoms with Gasteiger partial charge in [-0.05, 0) is 42.5 Å². The molecule has 2 rings (SSSR count). The molecule has 2 aromatic rings. The van der Waals surface area contributed by atoms with Crippen molar-refractivity contribution in [3.63, 3.8) is 0 Å². The van der Waals surface area contributed by atoms with Crippen molar-refractivity contribution in [2.24, 2.45) is 7.05 Å². The van der Waals surface area contributed by atoms with Crippen LogP contribution in [0.4, 0.5) is 0 Å². The zero-order valence-corrected chi connectivity index (χ0v) is 10.6. The van der Waals surface area contributed by atoms with Crippen molar-refractivity contribution >= 4 is 26.7 Å². The van der Waals surface area contributed by atoms with Crippen LogP contribution in [-0.2, 0) is 7.05 Å². The van der Waals surface area contributed by atoms with Gasteiger partial charge in [-0.3, -0.25) is 4.79 Å². The van der Waals surface area contributed by atoms with Gasteiger partial charge in [0.1, 0.15) is 0 Å². The van der Waals surface area contributed by atoms with Crippen LogP contribution in [0.3, 0.4) is 0 Å². The van der Waals surface area contributed by atoms with Crippen LogP contribution in [0.15, 0.2) is 27.6 Å². The molecule has 0 amide bonds. The Bertz CT molecular complexity index is 599. The highest BCUT2D eigenvalue weighted by atomic mass is 79.9. The van der Waals surface area contributed by atoms with Crippen LogP contribution in [0.25, 0.3) is 10.8 Å². The normalized spacial score (nSPS) is 10.9. The van der Waals surface area contributed by atoms with E-state index in [1.165, 1.54) is 0 Å². The first-order chi connectivity index (χ1) is 7.02. The van der Waals surface area contributed by atoms with Gasteiger partial charge in [0.05, 0.1) is 0 Å². The van der Waals surface area contributed by atoms with Crippen LogP contribution in [0, 0.1) is 13.8 Å². The second-order valence-corrected chi connectivity index (χ2v) is 4.62. The monoisotopic (exact) mass is 265 g/mol. The Labute approximate surface area is 96.7 Å². The molecular formula is C12H12BrNO. The average Bonchev–Trinajstić information content (AvgIpc) is 2.21. The summed E-state index contributed by atoms with van der Waals surface area (Å²) in [5, 5.41) is 1.81. The lowest BCUT2D eigenvalue weighted by Crippen LogP contribution is -2.16. The maximum atomic E-state index is 11.9. The SMILES string of the molecule is Cc1cc2c(=O)n(C)ccc2c(C)c1Br. The summed E-state index contributed by atoms with van der Waals surface area (Å²) in [5.74, 6) is 0. The van der Waals surface area contributed by atoms with Crippen molar-refractivity contribution in [2.75, 3.05) is 0 Å². The summed E-state index contributed by atoms with van der Waals surface area (Å²) in [4.78, 5) is 11.9. The summed E-state index contributed by atoms with van der Waals surface area (Å²) in [6.07, 6.45) is 1.80. The molecule has 1 aromatic carbocycles. The summed E-state index contributed by atoms with van der Waals surface area (Å²) < 4.78 is 2.69. The number of hydrogen-bond acceptors (Lipinski definition) is 1. The number of aryl methyl sites for hydroxylation is 3. The summed E-state index contributed by atoms with van der Waals surface area (Å²) in [5.41, 5.74) is 2.29. The van der Waals surface area contributed by atoms with Crippen molar-refractivity contribution in [1.82, 2.24) is 4.57 Å². The van der Waals surface area contributed by atoms with Crippen molar-refractivity contribution < 1.29 is 0 Å². The zero-order chi connectivity index (χ0) is 11.2. The fraction of sp³-hybridized carbons (Fsp3) is 0.250. The van der Waals surface area contributed by atoms with Crippen molar-refractivity contribution in [3.05, 3.63) is 44.3 Å². The molecule has 1 heterocycles. The van der Waals surface area contributed by atoms with E-state index in [0.717, 1.165) is 26.4 Å². The Morgan fingerprint density at radius 2 is 1.93 bits per heavy atom. The first-order valence-electron chi connectivity index (χ1n) is 4.77. The molecule has 0 saturated heterocycles. The van der Waals surface area contributed by atoms with Crippen molar-refractivity contribution in [2.45, 2.75) is 13.8 Å². The molecule has 0 aliphatic heterocycles. The fourth-order valence-electron chi connectivity index (χ4n) is 1.81. The van der Waals surface area contributed by atoms with Gasteiger partial charge in [0.25, 0.3) is 5.56 Å². The molecule has 0 spiro atoms. The maximum absolute atomic E-state index is 11.9. The molecule has 15 heavy (non-hydrogen) atoms. The number of aromatic nitrogens is 1. The third-order valence-corrected chi connectivity index (χ3v) is 3.97. The van der Waals surface area contributed by atoms with Gasteiger partial charge < -0.3 is 4.57 Å². The topological polar surface area (TPSA) is 22.0 Å². The summed E-state index contributed by atoms with van der Waals surface area (Å²) in [6, 6.07) is 3.92. The van der Waals surface area contributed by atoms with E-state index in [2.05, 4.69) is 15.9 Å². The largest absolute Gasteiger partial charge is 0.318 e. The smallest absolute Gasteiger partial charge is 0.258 e. The number of halogens is 1. The summed E-state index contributed by atoms with van der Waals surface area (Å²) in [6.45, 7) is 4.03. The number of benzene rings is 1. The highest BCUT2D eigenvalue weighted by Gasteiger charge is 2.08. The minimum atomic E-state index is 0.0613. The van der Waals surface area contributed by atoms with E-state index in [1.807, 2.05) is 26.0 Å². The molecule has 0 bridgehead atoms. The van der Waals surface area contributed by atoms with E-state index in [9.17, 15) is 4.79 Å². The maximum Gasteiger partial charge on any atom is 0.258 e. The van der Waals surface area contributed by atoms with Gasteiger partial charge in [-0.1, -0.05) is 15.9 Å². The van der Waals surface area contributed by atoms with Crippen LogP contribution in [-0.4, -0.2) is 4.57 Å². The second-order valence-electron chi connectivity index (χ2n) is 3.83. The first kappa shape index (κ1) is 10.4. The molecule has 1 aromatic heterocycles. The quantitative estimate of drug-likeness (QED) is 0.718. The van der Waals surface area contributed by atoms with E-state index in [1.54, 1.807) is 17.8 Å². The van der Waals surface area contributed by atoms with Gasteiger partial charge in [-0.15, -0.1) is 0 Å². The lowest BCUT2D eigenvalue weighted by atomic mass is 10.0. The molecule has 0 atom stereocenters. The molecule has 0 fully saturated rings. The predicted molar refractivity (Wildman–Crippen MR) is 66.4 cm³/mol. The van der Waals surface area contributed by atoms with Crippen molar-refractivity contribution in [1.29, 1.82) is 0 Å². The van der Waals surface area contributed by atoms with Crippen LogP contribution in [0.2, 0.25) is 0 Å². The van der Waals surface area contributed by atoms with Crippen LogP contribution < -0.4 is 5.56 Å². The van der Waals surface area contributed by atoms with Gasteiger partial charge >= 0.3 is 0 Å². The molecule has 3 heteroatoms. The summed E-state index contributed by atoms with van der Waals surface area (Å²) in [7, 11) is 1.77. The zero-order valence-electron chi connectivity index (χ0n) is 8.97. The number of fused-ring (bicyclic) bond motifs is 1. The van der Waals surface area contributed by atoms with E-state index in [0.29, 0.717) is 0 Å². The Morgan fingerprint density at radius 3 is 2.60 bits per heavy atom. The van der Waals surface area contributed by atoms with E-state index in [-0.39, 0.29) is 5.56 Å². The molecule has 2 nitrogen and oxygen atoms in total. The first-order valence-corrected chi connectivity index (χ1v) is 5.56. The van der Waals surface area contributed by atoms with Gasteiger partial charge in [-0.25, -0.2) is 0 Å². The van der Waals surface area contributed by atoms with Crippen LogP contribution in [0.1, 0.15) is 11.1 Å². The van der Waals surface area contributed by atoms with Crippen LogP contribution in [0.5, 0.6) is 0 Å². The molecule has 0 unspecified atom stereocenters. The standard InChI is InChI=1S/C12H12BrNO/c1-7-6-10-9(8(2)11(7)13)4-5-14(3)12(10)15/h4-6H,1-3H3. The minimum absolute atomic E-state index is 0.0613. The van der Waals surface area contributed by atoms with E-state index < -0.39 is 0 Å². The Balaban J connectivity index is 3.05. The lowest BCUT2D eigenvalue weighted by molar-refractivity contribution is 0.872. The highest BCUT2D eigenvalue weighted by Crippen LogP contribution is 2.27. The summed E-state index contributed by atoms with van der Waals surface area (Å²) >= 11 is 3.53. The number of nitrogens with zero attached hydrogens (tertiary/aromatic N) is 1. The minimum Gasteiger partial charge on any atom is -0.318 e. The van der Waals surface area contributed by atoms with Gasteiger partial charge in [0.15, 0.2) is 0 Å². The van der Waals surface area contributed by atoms with Gasteiger partial charge in [0.2, 0.25) is 0 Å². The predicted octanol–water partition coefficient (Wildman–Crippen LogP) is 2.92. The number of pyridine rings is 1. The second kappa shape index (κ2) is 3.49. The molecule has 0 radical (unpaired) electrons. The molecule has 0 aliphatic carbocycles. The molecule has 0 N–H and O–H groups in total. The number of rotatable bonds is 0. The van der Waals surface area contributed by atoms with Gasteiger partial charge in [0, 0.05) is 23.1 Å². The molecule has 0 saturated carbocycles. The molecule has 78 valence electrons. The molecular weight excluding hydrogens is 254 g/mol. The average molecular weight is 266 g/mol. The fourth-order valence-corrected chi connectivity index (χ4v) is 2.14. The van der Waals surface area contributed by atoms with E-state index >= 15 is 0 Å².